The summed E-state index contributed by atoms with van der Waals surface area (Å²) in [6.45, 7) is 0.499. The molecule has 1 aromatic heterocycles. The number of carbonyl (C=O) groups is 1. The Morgan fingerprint density at radius 1 is 1.28 bits per heavy atom. The van der Waals surface area contributed by atoms with Crippen molar-refractivity contribution >= 4 is 23.5 Å². The molecule has 0 aromatic carbocycles. The molecular formula is C10H13ClN4O3. The van der Waals surface area contributed by atoms with Crippen LogP contribution < -0.4 is 14.4 Å². The lowest BCUT2D eigenvalue weighted by molar-refractivity contribution is -0.117. The zero-order valence-electron chi connectivity index (χ0n) is 10.1. The van der Waals surface area contributed by atoms with Crippen LogP contribution in [0.5, 0.6) is 12.0 Å². The van der Waals surface area contributed by atoms with E-state index in [1.54, 1.807) is 0 Å². The van der Waals surface area contributed by atoms with Crippen molar-refractivity contribution in [2.75, 3.05) is 31.5 Å². The molecule has 1 saturated heterocycles. The van der Waals surface area contributed by atoms with Crippen LogP contribution >= 0.6 is 11.6 Å². The summed E-state index contributed by atoms with van der Waals surface area (Å²) in [5, 5.41) is 0. The van der Waals surface area contributed by atoms with Gasteiger partial charge in [-0.05, 0) is 5.92 Å². The first kappa shape index (κ1) is 12.8. The average molecular weight is 273 g/mol. The molecule has 2 rings (SSSR count). The van der Waals surface area contributed by atoms with E-state index in [2.05, 4.69) is 15.0 Å². The first-order chi connectivity index (χ1) is 8.67. The largest absolute Gasteiger partial charge is 0.467 e. The lowest BCUT2D eigenvalue weighted by Crippen LogP contribution is -2.27. The highest BCUT2D eigenvalue weighted by molar-refractivity contribution is 6.18. The summed E-state index contributed by atoms with van der Waals surface area (Å²) >= 11 is 5.76. The van der Waals surface area contributed by atoms with Crippen molar-refractivity contribution in [2.24, 2.45) is 5.92 Å². The number of halogens is 1. The van der Waals surface area contributed by atoms with E-state index in [0.717, 1.165) is 0 Å². The Labute approximate surface area is 109 Å². The molecule has 1 aliphatic heterocycles. The fourth-order valence-corrected chi connectivity index (χ4v) is 1.92. The maximum atomic E-state index is 11.8. The summed E-state index contributed by atoms with van der Waals surface area (Å²) < 4.78 is 9.88. The zero-order chi connectivity index (χ0) is 13.1. The Hall–Kier alpha value is -1.63. The van der Waals surface area contributed by atoms with Gasteiger partial charge in [-0.2, -0.15) is 9.97 Å². The van der Waals surface area contributed by atoms with Crippen molar-refractivity contribution in [2.45, 2.75) is 6.42 Å². The number of alkyl halides is 1. The van der Waals surface area contributed by atoms with Crippen LogP contribution in [0.4, 0.5) is 5.95 Å². The SMILES string of the molecule is COc1nc(OC)nc(N2CC(CCl)CC2=O)n1. The Bertz CT molecular complexity index is 434. The molecule has 98 valence electrons. The Kier molecular flexibility index (Phi) is 3.81. The normalized spacial score (nSPS) is 19.2. The van der Waals surface area contributed by atoms with Crippen LogP contribution in [0.3, 0.4) is 0 Å². The lowest BCUT2D eigenvalue weighted by Gasteiger charge is -2.14. The van der Waals surface area contributed by atoms with Gasteiger partial charge < -0.3 is 9.47 Å². The summed E-state index contributed by atoms with van der Waals surface area (Å²) in [5.41, 5.74) is 0. The van der Waals surface area contributed by atoms with Gasteiger partial charge in [-0.3, -0.25) is 9.69 Å². The van der Waals surface area contributed by atoms with E-state index in [0.29, 0.717) is 18.8 Å². The van der Waals surface area contributed by atoms with Gasteiger partial charge in [0, 0.05) is 18.8 Å². The maximum Gasteiger partial charge on any atom is 0.324 e. The molecule has 8 heteroatoms. The molecule has 2 heterocycles. The molecule has 0 radical (unpaired) electrons. The average Bonchev–Trinajstić information content (AvgIpc) is 2.79. The molecule has 0 N–H and O–H groups in total. The third-order valence-corrected chi connectivity index (χ3v) is 3.05. The number of hydrogen-bond donors (Lipinski definition) is 0. The van der Waals surface area contributed by atoms with Crippen molar-refractivity contribution < 1.29 is 14.3 Å². The summed E-state index contributed by atoms with van der Waals surface area (Å²) in [5.74, 6) is 0.724. The van der Waals surface area contributed by atoms with E-state index in [9.17, 15) is 4.79 Å². The smallest absolute Gasteiger partial charge is 0.324 e. The van der Waals surface area contributed by atoms with E-state index in [1.165, 1.54) is 19.1 Å². The second-order valence-electron chi connectivity index (χ2n) is 3.84. The molecular weight excluding hydrogens is 260 g/mol. The van der Waals surface area contributed by atoms with E-state index in [1.807, 2.05) is 0 Å². The van der Waals surface area contributed by atoms with E-state index in [4.69, 9.17) is 21.1 Å². The van der Waals surface area contributed by atoms with Crippen LogP contribution in [0.15, 0.2) is 0 Å². The fourth-order valence-electron chi connectivity index (χ4n) is 1.71. The topological polar surface area (TPSA) is 77.4 Å². The summed E-state index contributed by atoms with van der Waals surface area (Å²) in [4.78, 5) is 25.3. The van der Waals surface area contributed by atoms with Gasteiger partial charge in [-0.15, -0.1) is 16.6 Å². The monoisotopic (exact) mass is 272 g/mol. The molecule has 1 aliphatic rings. The molecule has 0 bridgehead atoms. The number of amides is 1. The van der Waals surface area contributed by atoms with Crippen molar-refractivity contribution in [1.29, 1.82) is 0 Å². The van der Waals surface area contributed by atoms with Crippen molar-refractivity contribution in [3.05, 3.63) is 0 Å². The van der Waals surface area contributed by atoms with Gasteiger partial charge in [0.05, 0.1) is 14.2 Å². The zero-order valence-corrected chi connectivity index (χ0v) is 10.8. The van der Waals surface area contributed by atoms with E-state index in [-0.39, 0.29) is 29.8 Å². The van der Waals surface area contributed by atoms with Crippen molar-refractivity contribution in [1.82, 2.24) is 15.0 Å². The Morgan fingerprint density at radius 3 is 2.33 bits per heavy atom. The summed E-state index contributed by atoms with van der Waals surface area (Å²) in [7, 11) is 2.87. The van der Waals surface area contributed by atoms with E-state index < -0.39 is 0 Å². The molecule has 0 aliphatic carbocycles. The van der Waals surface area contributed by atoms with Gasteiger partial charge in [0.1, 0.15) is 0 Å². The third kappa shape index (κ3) is 2.45. The molecule has 1 fully saturated rings. The lowest BCUT2D eigenvalue weighted by atomic mass is 10.2. The Morgan fingerprint density at radius 2 is 1.89 bits per heavy atom. The molecule has 1 aromatic rings. The van der Waals surface area contributed by atoms with Crippen LogP contribution in [0.25, 0.3) is 0 Å². The number of methoxy groups -OCH3 is 2. The molecule has 0 spiro atoms. The van der Waals surface area contributed by atoms with Gasteiger partial charge in [0.2, 0.25) is 11.9 Å². The van der Waals surface area contributed by atoms with Gasteiger partial charge in [-0.1, -0.05) is 0 Å². The standard InChI is InChI=1S/C10H13ClN4O3/c1-17-9-12-8(13-10(14-9)18-2)15-5-6(4-11)3-7(15)16/h6H,3-5H2,1-2H3. The molecule has 1 atom stereocenters. The summed E-state index contributed by atoms with van der Waals surface area (Å²) in [6, 6.07) is 0.220. The van der Waals surface area contributed by atoms with Crippen LogP contribution in [0.2, 0.25) is 0 Å². The molecule has 18 heavy (non-hydrogen) atoms. The highest BCUT2D eigenvalue weighted by atomic mass is 35.5. The minimum atomic E-state index is -0.0593. The van der Waals surface area contributed by atoms with Crippen molar-refractivity contribution in [3.8, 4) is 12.0 Å². The first-order valence-electron chi connectivity index (χ1n) is 5.38. The number of ether oxygens (including phenoxy) is 2. The van der Waals surface area contributed by atoms with Gasteiger partial charge in [0.25, 0.3) is 0 Å². The molecule has 1 unspecified atom stereocenters. The van der Waals surface area contributed by atoms with Crippen LogP contribution in [0, 0.1) is 5.92 Å². The predicted octanol–water partition coefficient (Wildman–Crippen LogP) is 0.480. The van der Waals surface area contributed by atoms with Crippen LogP contribution in [0.1, 0.15) is 6.42 Å². The first-order valence-corrected chi connectivity index (χ1v) is 5.91. The maximum absolute atomic E-state index is 11.8. The quantitative estimate of drug-likeness (QED) is 0.742. The predicted molar refractivity (Wildman–Crippen MR) is 64.1 cm³/mol. The Balaban J connectivity index is 2.30. The fraction of sp³-hybridized carbons (Fsp3) is 0.600. The highest BCUT2D eigenvalue weighted by Gasteiger charge is 2.32. The van der Waals surface area contributed by atoms with Gasteiger partial charge in [-0.25, -0.2) is 0 Å². The minimum absolute atomic E-state index is 0.0593. The minimum Gasteiger partial charge on any atom is -0.467 e. The van der Waals surface area contributed by atoms with Crippen LogP contribution in [-0.2, 0) is 4.79 Å². The molecule has 7 nitrogen and oxygen atoms in total. The van der Waals surface area contributed by atoms with Gasteiger partial charge >= 0.3 is 12.0 Å². The number of aromatic nitrogens is 3. The van der Waals surface area contributed by atoms with Gasteiger partial charge in [0.15, 0.2) is 0 Å². The molecule has 1 amide bonds. The second kappa shape index (κ2) is 5.34. The second-order valence-corrected chi connectivity index (χ2v) is 4.15. The van der Waals surface area contributed by atoms with E-state index >= 15 is 0 Å². The number of hydrogen-bond acceptors (Lipinski definition) is 6. The van der Waals surface area contributed by atoms with Crippen molar-refractivity contribution in [3.63, 3.8) is 0 Å². The number of anilines is 1. The number of carbonyl (C=O) groups excluding carboxylic acids is 1. The third-order valence-electron chi connectivity index (χ3n) is 2.61. The molecule has 0 saturated carbocycles. The highest BCUT2D eigenvalue weighted by Crippen LogP contribution is 2.25. The summed E-state index contributed by atoms with van der Waals surface area (Å²) in [6.07, 6.45) is 0.403. The number of nitrogens with zero attached hydrogens (tertiary/aromatic N) is 4. The van der Waals surface area contributed by atoms with Crippen LogP contribution in [-0.4, -0.2) is 47.5 Å². The number of rotatable bonds is 4.